The molecule has 1 amide bonds. The number of hydrogen-bond donors (Lipinski definition) is 1. The van der Waals surface area contributed by atoms with Gasteiger partial charge in [-0.3, -0.25) is 4.72 Å². The molecule has 4 rings (SSSR count). The summed E-state index contributed by atoms with van der Waals surface area (Å²) in [6, 6.07) is 10.4. The Morgan fingerprint density at radius 3 is 2.42 bits per heavy atom. The second-order valence-electron chi connectivity index (χ2n) is 9.57. The van der Waals surface area contributed by atoms with Crippen molar-refractivity contribution in [2.45, 2.75) is 38.2 Å². The molecule has 0 aliphatic carbocycles. The number of aryl methyl sites for hydroxylation is 1. The molecular weight excluding hydrogens is 522 g/mol. The Morgan fingerprint density at radius 1 is 1.08 bits per heavy atom. The van der Waals surface area contributed by atoms with Gasteiger partial charge in [-0.15, -0.1) is 11.3 Å². The number of nitrogens with zero attached hydrogens (tertiary/aromatic N) is 2. The number of carbonyl (C=O) groups is 1. The maximum Gasteiger partial charge on any atom is 0.410 e. The zero-order chi connectivity index (χ0) is 26.3. The summed E-state index contributed by atoms with van der Waals surface area (Å²) >= 11 is 7.56. The van der Waals surface area contributed by atoms with Gasteiger partial charge in [0.15, 0.2) is 0 Å². The number of rotatable bonds is 5. The van der Waals surface area contributed by atoms with Crippen LogP contribution in [-0.4, -0.2) is 58.3 Å². The van der Waals surface area contributed by atoms with Crippen molar-refractivity contribution in [1.82, 2.24) is 4.90 Å². The second-order valence-corrected chi connectivity index (χ2v) is 12.9. The third kappa shape index (κ3) is 5.66. The number of halogens is 1. The second kappa shape index (κ2) is 9.99. The minimum atomic E-state index is -3.88. The molecule has 0 atom stereocenters. The van der Waals surface area contributed by atoms with E-state index in [1.165, 1.54) is 11.3 Å². The van der Waals surface area contributed by atoms with Gasteiger partial charge in [0.05, 0.1) is 18.5 Å². The molecule has 1 N–H and O–H groups in total. The van der Waals surface area contributed by atoms with Crippen LogP contribution in [0, 0.1) is 6.92 Å². The summed E-state index contributed by atoms with van der Waals surface area (Å²) in [7, 11) is -2.30. The number of amides is 1. The molecule has 1 saturated heterocycles. The van der Waals surface area contributed by atoms with Crippen LogP contribution in [-0.2, 0) is 14.8 Å². The lowest BCUT2D eigenvalue weighted by atomic mass is 10.2. The molecule has 0 bridgehead atoms. The standard InChI is InChI=1S/C25H30ClN3O5S2/c1-16-23(19-14-17(26)6-9-22(19)35-16)36(31,32)27-18-7-8-21(33-5)20(15-18)28-10-12-29(13-11-28)24(30)34-25(2,3)4/h6-9,14-15,27H,10-13H2,1-5H3. The lowest BCUT2D eigenvalue weighted by Crippen LogP contribution is -2.50. The molecule has 1 fully saturated rings. The quantitative estimate of drug-likeness (QED) is 0.436. The Morgan fingerprint density at radius 2 is 1.78 bits per heavy atom. The van der Waals surface area contributed by atoms with Crippen LogP contribution in [0.2, 0.25) is 5.02 Å². The molecule has 0 saturated carbocycles. The summed E-state index contributed by atoms with van der Waals surface area (Å²) < 4.78 is 41.5. The zero-order valence-electron chi connectivity index (χ0n) is 20.9. The maximum atomic E-state index is 13.4. The monoisotopic (exact) mass is 551 g/mol. The summed E-state index contributed by atoms with van der Waals surface area (Å²) in [6.07, 6.45) is -0.339. The average Bonchev–Trinajstić information content (AvgIpc) is 3.13. The molecule has 2 heterocycles. The minimum absolute atomic E-state index is 0.230. The Bertz CT molecular complexity index is 1390. The summed E-state index contributed by atoms with van der Waals surface area (Å²) in [4.78, 5) is 17.1. The number of methoxy groups -OCH3 is 1. The van der Waals surface area contributed by atoms with E-state index >= 15 is 0 Å². The van der Waals surface area contributed by atoms with Crippen molar-refractivity contribution in [1.29, 1.82) is 0 Å². The number of hydrogen-bond acceptors (Lipinski definition) is 7. The van der Waals surface area contributed by atoms with E-state index in [2.05, 4.69) is 9.62 Å². The third-order valence-corrected chi connectivity index (χ3v) is 8.76. The number of fused-ring (bicyclic) bond motifs is 1. The van der Waals surface area contributed by atoms with E-state index in [0.717, 1.165) is 10.4 Å². The highest BCUT2D eigenvalue weighted by molar-refractivity contribution is 7.93. The normalized spacial score (nSPS) is 14.7. The topological polar surface area (TPSA) is 88.2 Å². The van der Waals surface area contributed by atoms with E-state index in [4.69, 9.17) is 21.1 Å². The first-order valence-electron chi connectivity index (χ1n) is 11.5. The molecule has 0 radical (unpaired) electrons. The summed E-state index contributed by atoms with van der Waals surface area (Å²) in [6.45, 7) is 9.38. The van der Waals surface area contributed by atoms with Gasteiger partial charge < -0.3 is 19.3 Å². The Hall–Kier alpha value is -2.69. The zero-order valence-corrected chi connectivity index (χ0v) is 23.3. The molecule has 194 valence electrons. The average molecular weight is 552 g/mol. The number of sulfonamides is 1. The number of anilines is 2. The van der Waals surface area contributed by atoms with Crippen LogP contribution in [0.25, 0.3) is 10.1 Å². The maximum absolute atomic E-state index is 13.4. The number of benzene rings is 2. The molecule has 0 spiro atoms. The first-order valence-corrected chi connectivity index (χ1v) is 14.2. The SMILES string of the molecule is COc1ccc(NS(=O)(=O)c2c(C)sc3ccc(Cl)cc23)cc1N1CCN(C(=O)OC(C)(C)C)CC1. The predicted octanol–water partition coefficient (Wildman–Crippen LogP) is 5.73. The third-order valence-electron chi connectivity index (χ3n) is 5.74. The summed E-state index contributed by atoms with van der Waals surface area (Å²) in [5, 5.41) is 1.08. The summed E-state index contributed by atoms with van der Waals surface area (Å²) in [5.41, 5.74) is 0.609. The highest BCUT2D eigenvalue weighted by atomic mass is 35.5. The highest BCUT2D eigenvalue weighted by Gasteiger charge is 2.28. The van der Waals surface area contributed by atoms with Gasteiger partial charge >= 0.3 is 6.09 Å². The van der Waals surface area contributed by atoms with Crippen molar-refractivity contribution in [2.75, 3.05) is 42.9 Å². The van der Waals surface area contributed by atoms with Crippen LogP contribution in [0.15, 0.2) is 41.3 Å². The van der Waals surface area contributed by atoms with Gasteiger partial charge in [-0.05, 0) is 64.1 Å². The van der Waals surface area contributed by atoms with Gasteiger partial charge in [0.2, 0.25) is 0 Å². The van der Waals surface area contributed by atoms with Gasteiger partial charge in [0.1, 0.15) is 16.2 Å². The van der Waals surface area contributed by atoms with E-state index < -0.39 is 15.6 Å². The fourth-order valence-corrected chi connectivity index (χ4v) is 7.17. The van der Waals surface area contributed by atoms with Crippen molar-refractivity contribution < 1.29 is 22.7 Å². The Labute approximate surface area is 220 Å². The lowest BCUT2D eigenvalue weighted by Gasteiger charge is -2.37. The van der Waals surface area contributed by atoms with Crippen molar-refractivity contribution in [3.05, 3.63) is 46.3 Å². The van der Waals surface area contributed by atoms with E-state index in [0.29, 0.717) is 52.9 Å². The number of ether oxygens (including phenoxy) is 2. The molecule has 8 nitrogen and oxygen atoms in total. The van der Waals surface area contributed by atoms with Gasteiger partial charge in [-0.2, -0.15) is 0 Å². The first-order chi connectivity index (χ1) is 16.9. The number of nitrogens with one attached hydrogen (secondary N) is 1. The molecule has 11 heteroatoms. The molecule has 36 heavy (non-hydrogen) atoms. The Kier molecular flexibility index (Phi) is 7.32. The van der Waals surface area contributed by atoms with Crippen molar-refractivity contribution in [3.63, 3.8) is 0 Å². The molecule has 2 aromatic carbocycles. The Balaban J connectivity index is 1.56. The van der Waals surface area contributed by atoms with E-state index in [1.807, 2.05) is 26.8 Å². The van der Waals surface area contributed by atoms with Gasteiger partial charge in [0, 0.05) is 46.2 Å². The molecular formula is C25H30ClN3O5S2. The van der Waals surface area contributed by atoms with Crippen LogP contribution < -0.4 is 14.4 Å². The van der Waals surface area contributed by atoms with Crippen LogP contribution in [0.1, 0.15) is 25.6 Å². The van der Waals surface area contributed by atoms with Gasteiger partial charge in [-0.25, -0.2) is 13.2 Å². The largest absolute Gasteiger partial charge is 0.495 e. The van der Waals surface area contributed by atoms with Gasteiger partial charge in [0.25, 0.3) is 10.0 Å². The predicted molar refractivity (Wildman–Crippen MR) is 145 cm³/mol. The first kappa shape index (κ1) is 26.4. The molecule has 1 aliphatic rings. The van der Waals surface area contributed by atoms with Crippen LogP contribution >= 0.6 is 22.9 Å². The lowest BCUT2D eigenvalue weighted by molar-refractivity contribution is 0.0240. The van der Waals surface area contributed by atoms with E-state index in [9.17, 15) is 13.2 Å². The van der Waals surface area contributed by atoms with Crippen LogP contribution in [0.4, 0.5) is 16.2 Å². The minimum Gasteiger partial charge on any atom is -0.495 e. The van der Waals surface area contributed by atoms with E-state index in [-0.39, 0.29) is 11.0 Å². The molecule has 1 aliphatic heterocycles. The van der Waals surface area contributed by atoms with Crippen molar-refractivity contribution >= 4 is 60.5 Å². The van der Waals surface area contributed by atoms with Crippen LogP contribution in [0.5, 0.6) is 5.75 Å². The number of carbonyl (C=O) groups excluding carboxylic acids is 1. The fourth-order valence-electron chi connectivity index (χ4n) is 4.17. The van der Waals surface area contributed by atoms with Crippen LogP contribution in [0.3, 0.4) is 0 Å². The van der Waals surface area contributed by atoms with Gasteiger partial charge in [-0.1, -0.05) is 11.6 Å². The van der Waals surface area contributed by atoms with Crippen molar-refractivity contribution in [3.8, 4) is 5.75 Å². The number of thiophene rings is 1. The van der Waals surface area contributed by atoms with E-state index in [1.54, 1.807) is 49.3 Å². The molecule has 3 aromatic rings. The van der Waals surface area contributed by atoms with Crippen molar-refractivity contribution in [2.24, 2.45) is 0 Å². The number of piperazine rings is 1. The highest BCUT2D eigenvalue weighted by Crippen LogP contribution is 2.38. The summed E-state index contributed by atoms with van der Waals surface area (Å²) in [5.74, 6) is 0.618. The molecule has 1 aromatic heterocycles. The smallest absolute Gasteiger partial charge is 0.410 e. The fraction of sp³-hybridized carbons (Fsp3) is 0.400. The molecule has 0 unspecified atom stereocenters.